The second-order valence-corrected chi connectivity index (χ2v) is 2.53. The van der Waals surface area contributed by atoms with Crippen LogP contribution in [0.5, 0.6) is 0 Å². The first-order chi connectivity index (χ1) is 3.77. The van der Waals surface area contributed by atoms with E-state index in [9.17, 15) is 4.21 Å². The lowest BCUT2D eigenvalue weighted by Crippen LogP contribution is -2.10. The van der Waals surface area contributed by atoms with Crippen LogP contribution in [0.4, 0.5) is 0 Å². The van der Waals surface area contributed by atoms with Gasteiger partial charge in [-0.2, -0.15) is 0 Å². The van der Waals surface area contributed by atoms with Crippen molar-refractivity contribution < 1.29 is 8.76 Å². The molecule has 0 radical (unpaired) electrons. The zero-order chi connectivity index (χ0) is 6.41. The van der Waals surface area contributed by atoms with E-state index >= 15 is 0 Å². The van der Waals surface area contributed by atoms with Gasteiger partial charge in [-0.05, 0) is 20.0 Å². The van der Waals surface area contributed by atoms with Crippen molar-refractivity contribution in [3.63, 3.8) is 0 Å². The predicted octanol–water partition coefficient (Wildman–Crippen LogP) is -0.182. The second kappa shape index (κ2) is 5.21. The van der Waals surface area contributed by atoms with E-state index in [1.165, 1.54) is 0 Å². The van der Waals surface area contributed by atoms with Gasteiger partial charge in [0, 0.05) is 0 Å². The van der Waals surface area contributed by atoms with Crippen molar-refractivity contribution in [2.75, 3.05) is 19.3 Å². The lowest BCUT2D eigenvalue weighted by atomic mass is 10.5. The van der Waals surface area contributed by atoms with Crippen molar-refractivity contribution >= 4 is 11.1 Å². The molecule has 0 aliphatic heterocycles. The third kappa shape index (κ3) is 6.07. The fourth-order valence-corrected chi connectivity index (χ4v) is 0.764. The van der Waals surface area contributed by atoms with Gasteiger partial charge >= 0.3 is 0 Å². The van der Waals surface area contributed by atoms with E-state index < -0.39 is 11.1 Å². The molecule has 1 atom stereocenters. The molecular weight excluding hydrogens is 126 g/mol. The Bertz CT molecular complexity index is 76.4. The summed E-state index contributed by atoms with van der Waals surface area (Å²) in [5.41, 5.74) is 0. The van der Waals surface area contributed by atoms with Crippen LogP contribution >= 0.6 is 0 Å². The van der Waals surface area contributed by atoms with Crippen LogP contribution in [0.3, 0.4) is 0 Å². The van der Waals surface area contributed by atoms with Crippen LogP contribution < -0.4 is 5.32 Å². The summed E-state index contributed by atoms with van der Waals surface area (Å²) in [4.78, 5) is 0. The van der Waals surface area contributed by atoms with Crippen LogP contribution in [-0.2, 0) is 11.1 Å². The molecule has 4 heteroatoms. The molecule has 0 rings (SSSR count). The molecule has 0 amide bonds. The highest BCUT2D eigenvalue weighted by atomic mass is 32.2. The van der Waals surface area contributed by atoms with Gasteiger partial charge in [0.25, 0.3) is 0 Å². The lowest BCUT2D eigenvalue weighted by Gasteiger charge is -1.92. The molecule has 0 spiro atoms. The Kier molecular flexibility index (Phi) is 5.26. The molecular formula is C4H11NO2S. The van der Waals surface area contributed by atoms with E-state index in [2.05, 4.69) is 5.32 Å². The summed E-state index contributed by atoms with van der Waals surface area (Å²) in [7, 11) is 1.82. The Labute approximate surface area is 51.8 Å². The molecule has 3 nitrogen and oxygen atoms in total. The Morgan fingerprint density at radius 2 is 2.38 bits per heavy atom. The van der Waals surface area contributed by atoms with Crippen LogP contribution in [0, 0.1) is 0 Å². The molecule has 0 heterocycles. The molecule has 50 valence electrons. The average molecular weight is 137 g/mol. The van der Waals surface area contributed by atoms with Gasteiger partial charge in [0.15, 0.2) is 11.1 Å². The Morgan fingerprint density at radius 1 is 1.75 bits per heavy atom. The number of hydrogen-bond acceptors (Lipinski definition) is 2. The normalized spacial score (nSPS) is 13.8. The van der Waals surface area contributed by atoms with Gasteiger partial charge in [-0.1, -0.05) is 0 Å². The van der Waals surface area contributed by atoms with Crippen LogP contribution in [-0.4, -0.2) is 28.1 Å². The van der Waals surface area contributed by atoms with Crippen LogP contribution in [0.15, 0.2) is 0 Å². The summed E-state index contributed by atoms with van der Waals surface area (Å²) < 4.78 is 18.2. The van der Waals surface area contributed by atoms with Crippen LogP contribution in [0.2, 0.25) is 0 Å². The van der Waals surface area contributed by atoms with E-state index in [0.717, 1.165) is 13.0 Å². The van der Waals surface area contributed by atoms with Crippen molar-refractivity contribution in [3.8, 4) is 0 Å². The minimum absolute atomic E-state index is 0.376. The Balaban J connectivity index is 2.82. The molecule has 0 aromatic heterocycles. The fraction of sp³-hybridized carbons (Fsp3) is 1.00. The molecule has 8 heavy (non-hydrogen) atoms. The topological polar surface area (TPSA) is 49.3 Å². The third-order valence-corrected chi connectivity index (χ3v) is 1.38. The Morgan fingerprint density at radius 3 is 2.75 bits per heavy atom. The number of hydrogen-bond donors (Lipinski definition) is 2. The molecule has 2 N–H and O–H groups in total. The van der Waals surface area contributed by atoms with E-state index in [1.54, 1.807) is 0 Å². The highest BCUT2D eigenvalue weighted by molar-refractivity contribution is 7.79. The summed E-state index contributed by atoms with van der Waals surface area (Å²) in [5.74, 6) is 0.376. The molecule has 0 fully saturated rings. The summed E-state index contributed by atoms with van der Waals surface area (Å²) in [6.45, 7) is 0.812. The highest BCUT2D eigenvalue weighted by Crippen LogP contribution is 1.78. The molecule has 0 aromatic rings. The predicted molar refractivity (Wildman–Crippen MR) is 34.2 cm³/mol. The van der Waals surface area contributed by atoms with Crippen molar-refractivity contribution in [1.29, 1.82) is 0 Å². The first kappa shape index (κ1) is 8.07. The van der Waals surface area contributed by atoms with Gasteiger partial charge in [-0.3, -0.25) is 0 Å². The molecule has 0 aromatic carbocycles. The quantitative estimate of drug-likeness (QED) is 0.417. The minimum Gasteiger partial charge on any atom is -0.320 e. The molecule has 0 bridgehead atoms. The number of rotatable bonds is 4. The van der Waals surface area contributed by atoms with Crippen molar-refractivity contribution in [2.24, 2.45) is 0 Å². The summed E-state index contributed by atoms with van der Waals surface area (Å²) in [6, 6.07) is 0. The van der Waals surface area contributed by atoms with Crippen molar-refractivity contribution in [3.05, 3.63) is 0 Å². The maximum Gasteiger partial charge on any atom is 0.152 e. The molecule has 0 aliphatic rings. The summed E-state index contributed by atoms with van der Waals surface area (Å²) in [5, 5.41) is 2.88. The zero-order valence-electron chi connectivity index (χ0n) is 4.89. The molecule has 0 saturated heterocycles. The summed E-state index contributed by atoms with van der Waals surface area (Å²) in [6.07, 6.45) is 0.764. The molecule has 0 saturated carbocycles. The van der Waals surface area contributed by atoms with Gasteiger partial charge < -0.3 is 9.87 Å². The van der Waals surface area contributed by atoms with E-state index in [0.29, 0.717) is 5.75 Å². The molecule has 0 aliphatic carbocycles. The maximum atomic E-state index is 9.96. The van der Waals surface area contributed by atoms with Gasteiger partial charge in [0.05, 0.1) is 5.75 Å². The lowest BCUT2D eigenvalue weighted by molar-refractivity contribution is 0.560. The first-order valence-electron chi connectivity index (χ1n) is 2.49. The highest BCUT2D eigenvalue weighted by Gasteiger charge is 1.89. The standard InChI is InChI=1S/C4H11NO2S/c1-5-3-2-4-8(6)7/h5H,2-4H2,1H3,(H,6,7). The van der Waals surface area contributed by atoms with Gasteiger partial charge in [-0.15, -0.1) is 0 Å². The van der Waals surface area contributed by atoms with Crippen molar-refractivity contribution in [2.45, 2.75) is 6.42 Å². The summed E-state index contributed by atoms with van der Waals surface area (Å²) >= 11 is -1.61. The fourth-order valence-electron chi connectivity index (χ4n) is 0.372. The van der Waals surface area contributed by atoms with Gasteiger partial charge in [0.2, 0.25) is 0 Å². The largest absolute Gasteiger partial charge is 0.320 e. The van der Waals surface area contributed by atoms with Crippen LogP contribution in [0.1, 0.15) is 6.42 Å². The SMILES string of the molecule is CNCCCS(=O)O. The third-order valence-electron chi connectivity index (χ3n) is 0.746. The van der Waals surface area contributed by atoms with Gasteiger partial charge in [0.1, 0.15) is 0 Å². The minimum atomic E-state index is -1.61. The average Bonchev–Trinajstić information content (AvgIpc) is 1.66. The van der Waals surface area contributed by atoms with E-state index in [-0.39, 0.29) is 0 Å². The van der Waals surface area contributed by atoms with Crippen molar-refractivity contribution in [1.82, 2.24) is 5.32 Å². The maximum absolute atomic E-state index is 9.96. The monoisotopic (exact) mass is 137 g/mol. The van der Waals surface area contributed by atoms with Gasteiger partial charge in [-0.25, -0.2) is 4.21 Å². The van der Waals surface area contributed by atoms with E-state index in [1.807, 2.05) is 7.05 Å². The smallest absolute Gasteiger partial charge is 0.152 e. The zero-order valence-corrected chi connectivity index (χ0v) is 5.70. The Hall–Kier alpha value is 0.0700. The first-order valence-corrected chi connectivity index (χ1v) is 3.77. The number of nitrogens with one attached hydrogen (secondary N) is 1. The van der Waals surface area contributed by atoms with Crippen LogP contribution in [0.25, 0.3) is 0 Å². The second-order valence-electron chi connectivity index (χ2n) is 1.48. The van der Waals surface area contributed by atoms with E-state index in [4.69, 9.17) is 4.55 Å². The molecule has 1 unspecified atom stereocenters.